The SMILES string of the molecule is Cc1cccc(CNC(Cc2ccccc2)c2cc(N(C)C)nc(-c3cccnc3)n2)n1. The van der Waals surface area contributed by atoms with Crippen LogP contribution in [0.5, 0.6) is 0 Å². The quantitative estimate of drug-likeness (QED) is 0.453. The Morgan fingerprint density at radius 1 is 0.906 bits per heavy atom. The number of hydrogen-bond donors (Lipinski definition) is 1. The van der Waals surface area contributed by atoms with E-state index in [9.17, 15) is 0 Å². The van der Waals surface area contributed by atoms with Crippen LogP contribution in [0, 0.1) is 6.92 Å². The third-order valence-corrected chi connectivity index (χ3v) is 5.23. The highest BCUT2D eigenvalue weighted by atomic mass is 15.2. The van der Waals surface area contributed by atoms with E-state index >= 15 is 0 Å². The fraction of sp³-hybridized carbons (Fsp3) is 0.231. The zero-order valence-electron chi connectivity index (χ0n) is 18.7. The van der Waals surface area contributed by atoms with Crippen LogP contribution in [0.4, 0.5) is 5.82 Å². The molecule has 0 aliphatic rings. The van der Waals surface area contributed by atoms with Gasteiger partial charge in [-0.2, -0.15) is 0 Å². The molecule has 6 heteroatoms. The zero-order valence-corrected chi connectivity index (χ0v) is 18.7. The van der Waals surface area contributed by atoms with E-state index in [1.807, 2.05) is 62.3 Å². The lowest BCUT2D eigenvalue weighted by Crippen LogP contribution is -2.25. The molecule has 6 nitrogen and oxygen atoms in total. The summed E-state index contributed by atoms with van der Waals surface area (Å²) in [6, 6.07) is 22.5. The second-order valence-electron chi connectivity index (χ2n) is 8.00. The smallest absolute Gasteiger partial charge is 0.163 e. The molecule has 1 unspecified atom stereocenters. The van der Waals surface area contributed by atoms with Gasteiger partial charge in [0.05, 0.1) is 17.4 Å². The van der Waals surface area contributed by atoms with Crippen molar-refractivity contribution in [2.24, 2.45) is 0 Å². The monoisotopic (exact) mass is 424 g/mol. The summed E-state index contributed by atoms with van der Waals surface area (Å²) in [5.41, 5.74) is 5.11. The summed E-state index contributed by atoms with van der Waals surface area (Å²) in [6.07, 6.45) is 4.37. The molecule has 0 fully saturated rings. The summed E-state index contributed by atoms with van der Waals surface area (Å²) in [4.78, 5) is 20.6. The Morgan fingerprint density at radius 3 is 2.47 bits per heavy atom. The van der Waals surface area contributed by atoms with Crippen molar-refractivity contribution in [3.8, 4) is 11.4 Å². The number of aryl methyl sites for hydroxylation is 1. The lowest BCUT2D eigenvalue weighted by atomic mass is 10.0. The number of benzene rings is 1. The van der Waals surface area contributed by atoms with E-state index in [1.165, 1.54) is 5.56 Å². The van der Waals surface area contributed by atoms with Crippen molar-refractivity contribution in [3.05, 3.63) is 102 Å². The van der Waals surface area contributed by atoms with Gasteiger partial charge in [0.2, 0.25) is 0 Å². The van der Waals surface area contributed by atoms with Gasteiger partial charge in [-0.15, -0.1) is 0 Å². The number of anilines is 1. The topological polar surface area (TPSA) is 66.8 Å². The van der Waals surface area contributed by atoms with Crippen LogP contribution in [-0.2, 0) is 13.0 Å². The van der Waals surface area contributed by atoms with E-state index in [1.54, 1.807) is 12.4 Å². The zero-order chi connectivity index (χ0) is 22.3. The fourth-order valence-corrected chi connectivity index (χ4v) is 3.54. The summed E-state index contributed by atoms with van der Waals surface area (Å²) >= 11 is 0. The van der Waals surface area contributed by atoms with Gasteiger partial charge in [0, 0.05) is 50.4 Å². The number of rotatable bonds is 8. The molecular formula is C26H28N6. The molecule has 32 heavy (non-hydrogen) atoms. The average molecular weight is 425 g/mol. The Balaban J connectivity index is 1.70. The van der Waals surface area contributed by atoms with Gasteiger partial charge >= 0.3 is 0 Å². The molecule has 0 radical (unpaired) electrons. The summed E-state index contributed by atoms with van der Waals surface area (Å²) in [6.45, 7) is 2.67. The first-order chi connectivity index (χ1) is 15.6. The van der Waals surface area contributed by atoms with Crippen molar-refractivity contribution in [3.63, 3.8) is 0 Å². The van der Waals surface area contributed by atoms with Crippen molar-refractivity contribution >= 4 is 5.82 Å². The Bertz CT molecular complexity index is 1150. The molecule has 0 amide bonds. The second-order valence-corrected chi connectivity index (χ2v) is 8.00. The number of aromatic nitrogens is 4. The predicted octanol–water partition coefficient (Wildman–Crippen LogP) is 4.38. The van der Waals surface area contributed by atoms with Crippen LogP contribution < -0.4 is 10.2 Å². The largest absolute Gasteiger partial charge is 0.363 e. The fourth-order valence-electron chi connectivity index (χ4n) is 3.54. The highest BCUT2D eigenvalue weighted by Gasteiger charge is 2.18. The Morgan fingerprint density at radius 2 is 1.75 bits per heavy atom. The Kier molecular flexibility index (Phi) is 6.82. The van der Waals surface area contributed by atoms with Gasteiger partial charge in [-0.25, -0.2) is 9.97 Å². The van der Waals surface area contributed by atoms with Crippen LogP contribution in [0.1, 0.15) is 28.7 Å². The molecule has 1 atom stereocenters. The maximum atomic E-state index is 4.95. The lowest BCUT2D eigenvalue weighted by molar-refractivity contribution is 0.513. The van der Waals surface area contributed by atoms with E-state index in [0.29, 0.717) is 12.4 Å². The van der Waals surface area contributed by atoms with Crippen LogP contribution >= 0.6 is 0 Å². The molecule has 3 heterocycles. The van der Waals surface area contributed by atoms with Crippen molar-refractivity contribution < 1.29 is 0 Å². The van der Waals surface area contributed by atoms with Gasteiger partial charge in [0.1, 0.15) is 5.82 Å². The first-order valence-electron chi connectivity index (χ1n) is 10.7. The van der Waals surface area contributed by atoms with Crippen LogP contribution in [0.2, 0.25) is 0 Å². The Hall–Kier alpha value is -3.64. The molecule has 162 valence electrons. The standard InChI is InChI=1S/C26H28N6/c1-19-9-7-13-22(29-19)18-28-23(15-20-10-5-4-6-11-20)24-16-25(32(2)3)31-26(30-24)21-12-8-14-27-17-21/h4-14,16-17,23,28H,15,18H2,1-3H3. The van der Waals surface area contributed by atoms with Gasteiger partial charge in [-0.1, -0.05) is 36.4 Å². The first kappa shape index (κ1) is 21.6. The van der Waals surface area contributed by atoms with Crippen molar-refractivity contribution in [2.75, 3.05) is 19.0 Å². The maximum absolute atomic E-state index is 4.95. The van der Waals surface area contributed by atoms with Gasteiger partial charge < -0.3 is 10.2 Å². The van der Waals surface area contributed by atoms with Crippen molar-refractivity contribution in [1.29, 1.82) is 0 Å². The van der Waals surface area contributed by atoms with E-state index < -0.39 is 0 Å². The molecule has 4 rings (SSSR count). The van der Waals surface area contributed by atoms with E-state index in [4.69, 9.17) is 9.97 Å². The third kappa shape index (κ3) is 5.53. The molecule has 0 spiro atoms. The van der Waals surface area contributed by atoms with Gasteiger partial charge in [-0.3, -0.25) is 9.97 Å². The van der Waals surface area contributed by atoms with Crippen LogP contribution in [0.3, 0.4) is 0 Å². The number of hydrogen-bond acceptors (Lipinski definition) is 6. The Labute approximate surface area is 189 Å². The second kappa shape index (κ2) is 10.1. The van der Waals surface area contributed by atoms with Crippen LogP contribution in [0.25, 0.3) is 11.4 Å². The molecule has 1 N–H and O–H groups in total. The minimum Gasteiger partial charge on any atom is -0.363 e. The molecule has 0 saturated carbocycles. The highest BCUT2D eigenvalue weighted by Crippen LogP contribution is 2.24. The molecule has 0 aliphatic carbocycles. The molecule has 0 aliphatic heterocycles. The summed E-state index contributed by atoms with van der Waals surface area (Å²) in [5, 5.41) is 3.69. The normalized spacial score (nSPS) is 11.8. The third-order valence-electron chi connectivity index (χ3n) is 5.23. The number of pyridine rings is 2. The molecule has 1 aromatic carbocycles. The van der Waals surface area contributed by atoms with Crippen molar-refractivity contribution in [1.82, 2.24) is 25.3 Å². The van der Waals surface area contributed by atoms with E-state index in [-0.39, 0.29) is 6.04 Å². The van der Waals surface area contributed by atoms with E-state index in [2.05, 4.69) is 45.6 Å². The minimum absolute atomic E-state index is 0.00293. The van der Waals surface area contributed by atoms with Gasteiger partial charge in [0.15, 0.2) is 5.82 Å². The molecule has 3 aromatic heterocycles. The molecule has 4 aromatic rings. The maximum Gasteiger partial charge on any atom is 0.163 e. The number of nitrogens with zero attached hydrogens (tertiary/aromatic N) is 5. The van der Waals surface area contributed by atoms with Crippen molar-refractivity contribution in [2.45, 2.75) is 25.9 Å². The minimum atomic E-state index is -0.00293. The first-order valence-corrected chi connectivity index (χ1v) is 10.7. The molecular weight excluding hydrogens is 396 g/mol. The molecule has 0 saturated heterocycles. The summed E-state index contributed by atoms with van der Waals surface area (Å²) in [7, 11) is 3.99. The predicted molar refractivity (Wildman–Crippen MR) is 128 cm³/mol. The highest BCUT2D eigenvalue weighted by molar-refractivity contribution is 5.56. The van der Waals surface area contributed by atoms with Gasteiger partial charge in [0.25, 0.3) is 0 Å². The van der Waals surface area contributed by atoms with Gasteiger partial charge in [-0.05, 0) is 43.2 Å². The molecule has 0 bridgehead atoms. The van der Waals surface area contributed by atoms with E-state index in [0.717, 1.165) is 34.9 Å². The van der Waals surface area contributed by atoms with Crippen LogP contribution in [0.15, 0.2) is 79.1 Å². The number of nitrogens with one attached hydrogen (secondary N) is 1. The lowest BCUT2D eigenvalue weighted by Gasteiger charge is -2.21. The summed E-state index contributed by atoms with van der Waals surface area (Å²) < 4.78 is 0. The average Bonchev–Trinajstić information content (AvgIpc) is 2.82. The van der Waals surface area contributed by atoms with Crippen LogP contribution in [-0.4, -0.2) is 34.0 Å². The summed E-state index contributed by atoms with van der Waals surface area (Å²) in [5.74, 6) is 1.54.